The molecule has 0 saturated heterocycles. The predicted molar refractivity (Wildman–Crippen MR) is 121 cm³/mol. The fraction of sp³-hybridized carbons (Fsp3) is 0.227. The Morgan fingerprint density at radius 3 is 2.48 bits per heavy atom. The molecule has 3 rings (SSSR count). The summed E-state index contributed by atoms with van der Waals surface area (Å²) in [4.78, 5) is 39.7. The zero-order valence-corrected chi connectivity index (χ0v) is 18.9. The van der Waals surface area contributed by atoms with E-state index in [2.05, 4.69) is 10.3 Å². The quantitative estimate of drug-likeness (QED) is 0.280. The summed E-state index contributed by atoms with van der Waals surface area (Å²) in [5.74, 6) is -0.609. The minimum Gasteiger partial charge on any atom is -0.496 e. The molecule has 1 unspecified atom stereocenters. The number of carbonyl (C=O) groups excluding carboxylic acids is 2. The van der Waals surface area contributed by atoms with E-state index in [0.29, 0.717) is 12.4 Å². The average molecular weight is 471 g/mol. The van der Waals surface area contributed by atoms with Crippen molar-refractivity contribution in [3.05, 3.63) is 74.2 Å². The molecule has 0 bridgehead atoms. The minimum absolute atomic E-state index is 0.0366. The van der Waals surface area contributed by atoms with Crippen LogP contribution in [0.5, 0.6) is 11.5 Å². The predicted octanol–water partition coefficient (Wildman–Crippen LogP) is 4.13. The van der Waals surface area contributed by atoms with E-state index < -0.39 is 22.9 Å². The van der Waals surface area contributed by atoms with Gasteiger partial charge in [0.05, 0.1) is 34.4 Å². The molecule has 172 valence electrons. The monoisotopic (exact) mass is 471 g/mol. The van der Waals surface area contributed by atoms with Gasteiger partial charge in [0.15, 0.2) is 6.10 Å². The Hall–Kier alpha value is -3.99. The largest absolute Gasteiger partial charge is 0.496 e. The molecule has 1 aromatic heterocycles. The van der Waals surface area contributed by atoms with Gasteiger partial charge in [-0.25, -0.2) is 9.78 Å². The summed E-state index contributed by atoms with van der Waals surface area (Å²) < 4.78 is 15.8. The molecule has 33 heavy (non-hydrogen) atoms. The van der Waals surface area contributed by atoms with Crippen molar-refractivity contribution < 1.29 is 28.7 Å². The van der Waals surface area contributed by atoms with Gasteiger partial charge in [-0.1, -0.05) is 0 Å². The molecule has 0 aliphatic rings. The Bertz CT molecular complexity index is 1160. The van der Waals surface area contributed by atoms with Crippen molar-refractivity contribution in [1.29, 1.82) is 0 Å². The van der Waals surface area contributed by atoms with Gasteiger partial charge in [-0.15, -0.1) is 11.3 Å². The number of nitro groups is 1. The van der Waals surface area contributed by atoms with Gasteiger partial charge < -0.3 is 19.5 Å². The summed E-state index contributed by atoms with van der Waals surface area (Å²) in [5, 5.41) is 16.5. The van der Waals surface area contributed by atoms with Crippen molar-refractivity contribution in [2.75, 3.05) is 12.4 Å². The first-order valence-electron chi connectivity index (χ1n) is 9.75. The first-order valence-corrected chi connectivity index (χ1v) is 10.6. The molecule has 0 saturated carbocycles. The van der Waals surface area contributed by atoms with E-state index in [0.717, 1.165) is 10.7 Å². The molecular weight excluding hydrogens is 450 g/mol. The van der Waals surface area contributed by atoms with E-state index in [-0.39, 0.29) is 22.7 Å². The molecule has 0 aliphatic heterocycles. The third kappa shape index (κ3) is 6.26. The van der Waals surface area contributed by atoms with Crippen LogP contribution in [0.2, 0.25) is 0 Å². The van der Waals surface area contributed by atoms with Crippen molar-refractivity contribution in [2.24, 2.45) is 0 Å². The number of ether oxygens (including phenoxy) is 3. The maximum absolute atomic E-state index is 12.4. The fourth-order valence-electron chi connectivity index (χ4n) is 2.73. The van der Waals surface area contributed by atoms with Gasteiger partial charge in [0.1, 0.15) is 23.8 Å². The number of aromatic nitrogens is 1. The van der Waals surface area contributed by atoms with Gasteiger partial charge in [-0.05, 0) is 50.2 Å². The van der Waals surface area contributed by atoms with Crippen LogP contribution in [0.3, 0.4) is 0 Å². The summed E-state index contributed by atoms with van der Waals surface area (Å²) in [5.41, 5.74) is 0.662. The van der Waals surface area contributed by atoms with Crippen molar-refractivity contribution in [3.8, 4) is 11.5 Å². The first-order chi connectivity index (χ1) is 15.8. The van der Waals surface area contributed by atoms with Crippen LogP contribution in [-0.4, -0.2) is 35.0 Å². The number of aryl methyl sites for hydroxylation is 1. The average Bonchev–Trinajstić information content (AvgIpc) is 3.23. The number of benzene rings is 2. The number of esters is 1. The van der Waals surface area contributed by atoms with Gasteiger partial charge in [-0.2, -0.15) is 0 Å². The van der Waals surface area contributed by atoms with Crippen LogP contribution in [0, 0.1) is 17.0 Å². The van der Waals surface area contributed by atoms with E-state index in [9.17, 15) is 19.7 Å². The van der Waals surface area contributed by atoms with Crippen molar-refractivity contribution in [3.63, 3.8) is 0 Å². The van der Waals surface area contributed by atoms with Gasteiger partial charge in [0.2, 0.25) is 0 Å². The van der Waals surface area contributed by atoms with Crippen LogP contribution in [0.1, 0.15) is 28.0 Å². The lowest BCUT2D eigenvalue weighted by Crippen LogP contribution is -2.30. The summed E-state index contributed by atoms with van der Waals surface area (Å²) in [7, 11) is 1.37. The summed E-state index contributed by atoms with van der Waals surface area (Å²) >= 11 is 1.53. The number of nitro benzene ring substituents is 1. The zero-order valence-electron chi connectivity index (χ0n) is 18.1. The normalized spacial score (nSPS) is 11.4. The lowest BCUT2D eigenvalue weighted by atomic mass is 10.2. The number of hydrogen-bond acceptors (Lipinski definition) is 9. The maximum Gasteiger partial charge on any atom is 0.338 e. The first kappa shape index (κ1) is 23.7. The Kier molecular flexibility index (Phi) is 7.57. The smallest absolute Gasteiger partial charge is 0.338 e. The lowest BCUT2D eigenvalue weighted by molar-refractivity contribution is -0.384. The Labute approximate surface area is 193 Å². The third-order valence-corrected chi connectivity index (χ3v) is 5.28. The van der Waals surface area contributed by atoms with Gasteiger partial charge >= 0.3 is 5.97 Å². The van der Waals surface area contributed by atoms with E-state index in [1.807, 2.05) is 12.3 Å². The SMILES string of the molecule is COc1ccc(NC(=O)C(C)OC(=O)c2ccc(OCc3csc(C)n3)cc2)c([N+](=O)[O-])c1. The summed E-state index contributed by atoms with van der Waals surface area (Å²) in [6, 6.07) is 10.3. The summed E-state index contributed by atoms with van der Waals surface area (Å²) in [6.45, 7) is 3.59. The Balaban J connectivity index is 1.57. The highest BCUT2D eigenvalue weighted by atomic mass is 32.1. The molecule has 1 heterocycles. The molecular formula is C22H21N3O7S. The number of amides is 1. The summed E-state index contributed by atoms with van der Waals surface area (Å²) in [6.07, 6.45) is -1.19. The molecule has 1 atom stereocenters. The van der Waals surface area contributed by atoms with Gasteiger partial charge in [0, 0.05) is 5.38 Å². The van der Waals surface area contributed by atoms with Crippen LogP contribution in [0.15, 0.2) is 47.8 Å². The third-order valence-electron chi connectivity index (χ3n) is 4.46. The molecule has 1 N–H and O–H groups in total. The van der Waals surface area contributed by atoms with Crippen LogP contribution in [-0.2, 0) is 16.1 Å². The Morgan fingerprint density at radius 2 is 1.88 bits per heavy atom. The molecule has 2 aromatic carbocycles. The number of nitrogens with one attached hydrogen (secondary N) is 1. The number of anilines is 1. The van der Waals surface area contributed by atoms with Gasteiger partial charge in [-0.3, -0.25) is 14.9 Å². The number of nitrogens with zero attached hydrogens (tertiary/aromatic N) is 2. The van der Waals surface area contributed by atoms with Gasteiger partial charge in [0.25, 0.3) is 11.6 Å². The number of hydrogen-bond donors (Lipinski definition) is 1. The van der Waals surface area contributed by atoms with Crippen LogP contribution in [0.25, 0.3) is 0 Å². The molecule has 0 fully saturated rings. The number of thiazole rings is 1. The van der Waals surface area contributed by atoms with E-state index in [1.54, 1.807) is 12.1 Å². The minimum atomic E-state index is -1.19. The van der Waals surface area contributed by atoms with E-state index in [4.69, 9.17) is 14.2 Å². The number of rotatable bonds is 9. The molecule has 10 nitrogen and oxygen atoms in total. The van der Waals surface area contributed by atoms with E-state index in [1.165, 1.54) is 55.7 Å². The molecule has 0 radical (unpaired) electrons. The van der Waals surface area contributed by atoms with Crippen LogP contribution < -0.4 is 14.8 Å². The highest BCUT2D eigenvalue weighted by molar-refractivity contribution is 7.09. The fourth-order valence-corrected chi connectivity index (χ4v) is 3.33. The molecule has 11 heteroatoms. The highest BCUT2D eigenvalue weighted by Gasteiger charge is 2.23. The van der Waals surface area contributed by atoms with Crippen molar-refractivity contribution in [1.82, 2.24) is 4.98 Å². The molecule has 0 aliphatic carbocycles. The molecule has 1 amide bonds. The number of carbonyl (C=O) groups is 2. The standard InChI is InChI=1S/C22H21N3O7S/c1-13(21(26)24-19-9-8-18(30-3)10-20(19)25(28)29)32-22(27)15-4-6-17(7-5-15)31-11-16-12-33-14(2)23-16/h4-10,12-13H,11H2,1-3H3,(H,24,26). The molecule has 0 spiro atoms. The molecule has 3 aromatic rings. The zero-order chi connectivity index (χ0) is 24.0. The Morgan fingerprint density at radius 1 is 1.18 bits per heavy atom. The second-order valence-electron chi connectivity index (χ2n) is 6.85. The maximum atomic E-state index is 12.4. The second kappa shape index (κ2) is 10.6. The lowest BCUT2D eigenvalue weighted by Gasteiger charge is -2.14. The topological polar surface area (TPSA) is 130 Å². The number of methoxy groups -OCH3 is 1. The van der Waals surface area contributed by atoms with E-state index >= 15 is 0 Å². The van der Waals surface area contributed by atoms with Crippen molar-refractivity contribution in [2.45, 2.75) is 26.6 Å². The van der Waals surface area contributed by atoms with Crippen molar-refractivity contribution >= 4 is 34.6 Å². The van der Waals surface area contributed by atoms with Crippen LogP contribution >= 0.6 is 11.3 Å². The second-order valence-corrected chi connectivity index (χ2v) is 7.91. The highest BCUT2D eigenvalue weighted by Crippen LogP contribution is 2.29. The van der Waals surface area contributed by atoms with Crippen LogP contribution in [0.4, 0.5) is 11.4 Å².